The van der Waals surface area contributed by atoms with Crippen LogP contribution in [0.2, 0.25) is 0 Å². The van der Waals surface area contributed by atoms with Crippen molar-refractivity contribution in [3.8, 4) is 0 Å². The molecule has 0 bridgehead atoms. The predicted octanol–water partition coefficient (Wildman–Crippen LogP) is 0.919. The number of amides is 2. The number of carbonyl (C=O) groups excluding carboxylic acids is 2. The average Bonchev–Trinajstić information content (AvgIpc) is 2.71. The van der Waals surface area contributed by atoms with Crippen molar-refractivity contribution in [2.24, 2.45) is 0 Å². The summed E-state index contributed by atoms with van der Waals surface area (Å²) in [5.74, 6) is -0.0304. The molecule has 0 unspecified atom stereocenters. The van der Waals surface area contributed by atoms with Gasteiger partial charge in [0.1, 0.15) is 0 Å². The molecule has 0 atom stereocenters. The molecule has 6 nitrogen and oxygen atoms in total. The number of hydrogen-bond acceptors (Lipinski definition) is 4. The van der Waals surface area contributed by atoms with Crippen molar-refractivity contribution in [3.05, 3.63) is 17.9 Å². The third-order valence-corrected chi connectivity index (χ3v) is 2.20. The summed E-state index contributed by atoms with van der Waals surface area (Å²) in [5, 5.41) is 5.22. The zero-order chi connectivity index (χ0) is 13.5. The topological polar surface area (TPSA) is 74.6 Å². The minimum absolute atomic E-state index is 0.198. The lowest BCUT2D eigenvalue weighted by molar-refractivity contribution is -0.114. The average molecular weight is 253 g/mol. The lowest BCUT2D eigenvalue weighted by Crippen LogP contribution is -2.26. The molecule has 2 amide bonds. The molecule has 6 heteroatoms. The van der Waals surface area contributed by atoms with Crippen LogP contribution in [0.5, 0.6) is 0 Å². The van der Waals surface area contributed by atoms with Crippen molar-refractivity contribution >= 4 is 17.7 Å². The van der Waals surface area contributed by atoms with Gasteiger partial charge in [0.25, 0.3) is 5.91 Å². The molecule has 1 heterocycles. The van der Waals surface area contributed by atoms with Crippen LogP contribution in [-0.4, -0.2) is 43.9 Å². The van der Waals surface area contributed by atoms with Crippen LogP contribution >= 0.6 is 0 Å². The van der Waals surface area contributed by atoms with E-state index in [0.29, 0.717) is 6.54 Å². The van der Waals surface area contributed by atoms with Gasteiger partial charge in [0, 0.05) is 19.5 Å². The Bertz CT molecular complexity index is 412. The van der Waals surface area contributed by atoms with Gasteiger partial charge < -0.3 is 14.6 Å². The smallest absolute Gasteiger partial charge is 0.287 e. The lowest BCUT2D eigenvalue weighted by Gasteiger charge is -2.09. The molecule has 18 heavy (non-hydrogen) atoms. The van der Waals surface area contributed by atoms with E-state index in [1.807, 2.05) is 19.0 Å². The van der Waals surface area contributed by atoms with Gasteiger partial charge in [-0.2, -0.15) is 0 Å². The first-order chi connectivity index (χ1) is 8.49. The summed E-state index contributed by atoms with van der Waals surface area (Å²) < 4.78 is 5.18. The number of rotatable bonds is 6. The van der Waals surface area contributed by atoms with Gasteiger partial charge in [-0.05, 0) is 33.1 Å². The van der Waals surface area contributed by atoms with Crippen LogP contribution in [0.15, 0.2) is 16.5 Å². The number of hydrogen-bond donors (Lipinski definition) is 2. The van der Waals surface area contributed by atoms with Crippen LogP contribution < -0.4 is 10.6 Å². The second kappa shape index (κ2) is 6.80. The minimum Gasteiger partial charge on any atom is -0.435 e. The summed E-state index contributed by atoms with van der Waals surface area (Å²) in [5.41, 5.74) is 0. The highest BCUT2D eigenvalue weighted by Gasteiger charge is 2.10. The maximum absolute atomic E-state index is 11.7. The van der Waals surface area contributed by atoms with Gasteiger partial charge in [-0.25, -0.2) is 0 Å². The van der Waals surface area contributed by atoms with Crippen LogP contribution in [0, 0.1) is 0 Å². The number of furan rings is 1. The molecule has 0 fully saturated rings. The Balaban J connectivity index is 2.37. The van der Waals surface area contributed by atoms with Gasteiger partial charge in [-0.1, -0.05) is 0 Å². The molecular formula is C12H19N3O3. The number of nitrogens with one attached hydrogen (secondary N) is 2. The fourth-order valence-electron chi connectivity index (χ4n) is 1.38. The van der Waals surface area contributed by atoms with Crippen molar-refractivity contribution in [3.63, 3.8) is 0 Å². The maximum Gasteiger partial charge on any atom is 0.287 e. The summed E-state index contributed by atoms with van der Waals surface area (Å²) in [6.07, 6.45) is 0.873. The Morgan fingerprint density at radius 3 is 2.67 bits per heavy atom. The largest absolute Gasteiger partial charge is 0.435 e. The Labute approximate surface area is 106 Å². The molecule has 0 aliphatic heterocycles. The number of carbonyl (C=O) groups is 2. The Morgan fingerprint density at radius 2 is 2.06 bits per heavy atom. The molecule has 1 rings (SSSR count). The van der Waals surface area contributed by atoms with E-state index < -0.39 is 0 Å². The van der Waals surface area contributed by atoms with E-state index in [0.717, 1.165) is 13.0 Å². The molecule has 0 aliphatic rings. The molecule has 1 aromatic rings. The molecule has 0 spiro atoms. The highest BCUT2D eigenvalue weighted by atomic mass is 16.4. The van der Waals surface area contributed by atoms with Crippen molar-refractivity contribution < 1.29 is 14.0 Å². The summed E-state index contributed by atoms with van der Waals surface area (Å²) in [7, 11) is 3.96. The van der Waals surface area contributed by atoms with Gasteiger partial charge in [0.05, 0.1) is 0 Å². The highest BCUT2D eigenvalue weighted by Crippen LogP contribution is 2.12. The molecule has 0 saturated heterocycles. The van der Waals surface area contributed by atoms with E-state index in [-0.39, 0.29) is 23.5 Å². The zero-order valence-corrected chi connectivity index (χ0v) is 10.9. The normalized spacial score (nSPS) is 10.4. The molecule has 0 radical (unpaired) electrons. The van der Waals surface area contributed by atoms with E-state index in [1.165, 1.54) is 13.0 Å². The minimum atomic E-state index is -0.273. The SMILES string of the molecule is CC(=O)Nc1ccc(C(=O)NCCCN(C)C)o1. The third-order valence-electron chi connectivity index (χ3n) is 2.20. The molecule has 0 aliphatic carbocycles. The van der Waals surface area contributed by atoms with Crippen LogP contribution in [0.3, 0.4) is 0 Å². The first kappa shape index (κ1) is 14.2. The third kappa shape index (κ3) is 5.01. The Hall–Kier alpha value is -1.82. The predicted molar refractivity (Wildman–Crippen MR) is 68.5 cm³/mol. The number of anilines is 1. The van der Waals surface area contributed by atoms with Crippen molar-refractivity contribution in [1.82, 2.24) is 10.2 Å². The van der Waals surface area contributed by atoms with Gasteiger partial charge in [-0.3, -0.25) is 14.9 Å². The van der Waals surface area contributed by atoms with Gasteiger partial charge in [0.15, 0.2) is 11.6 Å². The maximum atomic E-state index is 11.7. The first-order valence-electron chi connectivity index (χ1n) is 5.79. The highest BCUT2D eigenvalue weighted by molar-refractivity contribution is 5.93. The molecule has 2 N–H and O–H groups in total. The quantitative estimate of drug-likeness (QED) is 0.739. The molecular weight excluding hydrogens is 234 g/mol. The van der Waals surface area contributed by atoms with Crippen LogP contribution in [0.1, 0.15) is 23.9 Å². The fraction of sp³-hybridized carbons (Fsp3) is 0.500. The van der Waals surface area contributed by atoms with E-state index in [2.05, 4.69) is 10.6 Å². The summed E-state index contributed by atoms with van der Waals surface area (Å²) >= 11 is 0. The molecule has 0 aromatic carbocycles. The van der Waals surface area contributed by atoms with Crippen LogP contribution in [0.25, 0.3) is 0 Å². The lowest BCUT2D eigenvalue weighted by atomic mass is 10.3. The van der Waals surface area contributed by atoms with Crippen LogP contribution in [0.4, 0.5) is 5.88 Å². The first-order valence-corrected chi connectivity index (χ1v) is 5.79. The van der Waals surface area contributed by atoms with E-state index >= 15 is 0 Å². The van der Waals surface area contributed by atoms with E-state index in [1.54, 1.807) is 6.07 Å². The standard InChI is InChI=1S/C12H19N3O3/c1-9(16)14-11-6-5-10(18-11)12(17)13-7-4-8-15(2)3/h5-6H,4,7-8H2,1-3H3,(H,13,17)(H,14,16). The summed E-state index contributed by atoms with van der Waals surface area (Å²) in [4.78, 5) is 24.5. The number of nitrogens with zero attached hydrogens (tertiary/aromatic N) is 1. The summed E-state index contributed by atoms with van der Waals surface area (Å²) in [6.45, 7) is 2.88. The van der Waals surface area contributed by atoms with Gasteiger partial charge in [0.2, 0.25) is 5.91 Å². The Kier molecular flexibility index (Phi) is 5.38. The van der Waals surface area contributed by atoms with Gasteiger partial charge >= 0.3 is 0 Å². The van der Waals surface area contributed by atoms with Crippen molar-refractivity contribution in [1.29, 1.82) is 0 Å². The zero-order valence-electron chi connectivity index (χ0n) is 10.9. The molecule has 100 valence electrons. The van der Waals surface area contributed by atoms with E-state index in [4.69, 9.17) is 4.42 Å². The molecule has 1 aromatic heterocycles. The van der Waals surface area contributed by atoms with E-state index in [9.17, 15) is 9.59 Å². The summed E-state index contributed by atoms with van der Waals surface area (Å²) in [6, 6.07) is 3.09. The fourth-order valence-corrected chi connectivity index (χ4v) is 1.38. The Morgan fingerprint density at radius 1 is 1.33 bits per heavy atom. The van der Waals surface area contributed by atoms with Gasteiger partial charge in [-0.15, -0.1) is 0 Å². The monoisotopic (exact) mass is 253 g/mol. The second-order valence-electron chi connectivity index (χ2n) is 4.26. The van der Waals surface area contributed by atoms with Crippen LogP contribution in [-0.2, 0) is 4.79 Å². The molecule has 0 saturated carbocycles. The van der Waals surface area contributed by atoms with Crippen molar-refractivity contribution in [2.45, 2.75) is 13.3 Å². The second-order valence-corrected chi connectivity index (χ2v) is 4.26. The van der Waals surface area contributed by atoms with Crippen molar-refractivity contribution in [2.75, 3.05) is 32.5 Å².